The summed E-state index contributed by atoms with van der Waals surface area (Å²) >= 11 is 4.25. The molecule has 0 aliphatic carbocycles. The Morgan fingerprint density at radius 3 is 2.38 bits per heavy atom. The second kappa shape index (κ2) is 3.96. The standard InChI is InChI=1S/C6H13NS/c1-3-6(8)5(2)4-7/h4-8H,3H2,1-2H3. The van der Waals surface area contributed by atoms with E-state index in [2.05, 4.69) is 19.6 Å². The third-order valence-electron chi connectivity index (χ3n) is 1.29. The SMILES string of the molecule is CCC(S)C(C)C=N. The summed E-state index contributed by atoms with van der Waals surface area (Å²) < 4.78 is 0. The van der Waals surface area contributed by atoms with E-state index in [9.17, 15) is 0 Å². The summed E-state index contributed by atoms with van der Waals surface area (Å²) in [6, 6.07) is 0. The van der Waals surface area contributed by atoms with E-state index >= 15 is 0 Å². The van der Waals surface area contributed by atoms with Crippen LogP contribution in [0.25, 0.3) is 0 Å². The molecule has 0 aromatic carbocycles. The molecule has 0 aliphatic rings. The van der Waals surface area contributed by atoms with Gasteiger partial charge in [0, 0.05) is 11.2 Å². The summed E-state index contributed by atoms with van der Waals surface area (Å²) in [4.78, 5) is 0. The van der Waals surface area contributed by atoms with Crippen LogP contribution < -0.4 is 0 Å². The van der Waals surface area contributed by atoms with Gasteiger partial charge in [-0.2, -0.15) is 12.6 Å². The lowest BCUT2D eigenvalue weighted by molar-refractivity contribution is 0.700. The Hall–Kier alpha value is 0.0200. The summed E-state index contributed by atoms with van der Waals surface area (Å²) in [6.45, 7) is 4.09. The molecule has 0 aliphatic heterocycles. The maximum atomic E-state index is 6.87. The average Bonchev–Trinajstić information content (AvgIpc) is 1.84. The Bertz CT molecular complexity index is 72.9. The first-order valence-corrected chi connectivity index (χ1v) is 3.42. The molecule has 0 spiro atoms. The van der Waals surface area contributed by atoms with Crippen LogP contribution in [0.2, 0.25) is 0 Å². The van der Waals surface area contributed by atoms with E-state index in [1.165, 1.54) is 6.21 Å². The van der Waals surface area contributed by atoms with Crippen molar-refractivity contribution in [1.82, 2.24) is 0 Å². The summed E-state index contributed by atoms with van der Waals surface area (Å²) in [6.07, 6.45) is 2.49. The highest BCUT2D eigenvalue weighted by Gasteiger charge is 2.05. The highest BCUT2D eigenvalue weighted by molar-refractivity contribution is 7.81. The number of nitrogens with one attached hydrogen (secondary N) is 1. The van der Waals surface area contributed by atoms with Crippen LogP contribution in [-0.4, -0.2) is 11.5 Å². The lowest BCUT2D eigenvalue weighted by Crippen LogP contribution is -2.10. The van der Waals surface area contributed by atoms with Crippen molar-refractivity contribution in [2.45, 2.75) is 25.5 Å². The van der Waals surface area contributed by atoms with Crippen LogP contribution in [0, 0.1) is 11.3 Å². The molecule has 0 saturated heterocycles. The zero-order valence-electron chi connectivity index (χ0n) is 5.39. The minimum absolute atomic E-state index is 0.323. The maximum Gasteiger partial charge on any atom is 0.00890 e. The largest absolute Gasteiger partial charge is 0.313 e. The fraction of sp³-hybridized carbons (Fsp3) is 0.833. The second-order valence-corrected chi connectivity index (χ2v) is 2.66. The van der Waals surface area contributed by atoms with E-state index in [1.807, 2.05) is 6.92 Å². The third-order valence-corrected chi connectivity index (χ3v) is 2.12. The fourth-order valence-corrected chi connectivity index (χ4v) is 0.569. The summed E-state index contributed by atoms with van der Waals surface area (Å²) in [5.41, 5.74) is 0. The number of hydrogen-bond donors (Lipinski definition) is 2. The molecule has 0 radical (unpaired) electrons. The predicted molar refractivity (Wildman–Crippen MR) is 41.0 cm³/mol. The maximum absolute atomic E-state index is 6.87. The molecule has 2 atom stereocenters. The Morgan fingerprint density at radius 1 is 1.75 bits per heavy atom. The van der Waals surface area contributed by atoms with Crippen LogP contribution in [-0.2, 0) is 0 Å². The average molecular weight is 131 g/mol. The van der Waals surface area contributed by atoms with Gasteiger partial charge in [0.2, 0.25) is 0 Å². The first kappa shape index (κ1) is 8.02. The molecule has 0 aromatic rings. The van der Waals surface area contributed by atoms with E-state index < -0.39 is 0 Å². The van der Waals surface area contributed by atoms with Gasteiger partial charge in [-0.25, -0.2) is 0 Å². The van der Waals surface area contributed by atoms with Gasteiger partial charge in [-0.15, -0.1) is 0 Å². The van der Waals surface area contributed by atoms with Crippen molar-refractivity contribution in [2.75, 3.05) is 0 Å². The van der Waals surface area contributed by atoms with Gasteiger partial charge in [0.05, 0.1) is 0 Å². The van der Waals surface area contributed by atoms with Crippen molar-refractivity contribution < 1.29 is 0 Å². The molecule has 0 saturated carbocycles. The van der Waals surface area contributed by atoms with E-state index in [0.717, 1.165) is 6.42 Å². The molecule has 8 heavy (non-hydrogen) atoms. The number of hydrogen-bond acceptors (Lipinski definition) is 2. The van der Waals surface area contributed by atoms with Gasteiger partial charge in [-0.05, 0) is 12.6 Å². The van der Waals surface area contributed by atoms with Crippen molar-refractivity contribution >= 4 is 18.8 Å². The molecule has 0 heterocycles. The Morgan fingerprint density at radius 2 is 2.25 bits per heavy atom. The van der Waals surface area contributed by atoms with Gasteiger partial charge in [0.15, 0.2) is 0 Å². The van der Waals surface area contributed by atoms with Crippen LogP contribution in [0.15, 0.2) is 0 Å². The minimum Gasteiger partial charge on any atom is -0.313 e. The van der Waals surface area contributed by atoms with E-state index in [4.69, 9.17) is 5.41 Å². The minimum atomic E-state index is 0.323. The van der Waals surface area contributed by atoms with Crippen molar-refractivity contribution in [3.63, 3.8) is 0 Å². The quantitative estimate of drug-likeness (QED) is 0.432. The molecule has 1 nitrogen and oxygen atoms in total. The molecule has 2 unspecified atom stereocenters. The molecule has 0 amide bonds. The fourth-order valence-electron chi connectivity index (χ4n) is 0.483. The zero-order chi connectivity index (χ0) is 6.57. The first-order valence-electron chi connectivity index (χ1n) is 2.91. The van der Waals surface area contributed by atoms with Crippen LogP contribution in [0.4, 0.5) is 0 Å². The van der Waals surface area contributed by atoms with Gasteiger partial charge >= 0.3 is 0 Å². The van der Waals surface area contributed by atoms with Gasteiger partial charge in [-0.3, -0.25) is 0 Å². The van der Waals surface area contributed by atoms with Gasteiger partial charge in [0.1, 0.15) is 0 Å². The molecular weight excluding hydrogens is 118 g/mol. The predicted octanol–water partition coefficient (Wildman–Crippen LogP) is 1.98. The van der Waals surface area contributed by atoms with Gasteiger partial charge in [0.25, 0.3) is 0 Å². The van der Waals surface area contributed by atoms with Crippen molar-refractivity contribution in [1.29, 1.82) is 5.41 Å². The molecule has 0 fully saturated rings. The van der Waals surface area contributed by atoms with Crippen molar-refractivity contribution in [3.8, 4) is 0 Å². The Labute approximate surface area is 56.4 Å². The number of rotatable bonds is 3. The van der Waals surface area contributed by atoms with Gasteiger partial charge < -0.3 is 5.41 Å². The van der Waals surface area contributed by atoms with Gasteiger partial charge in [-0.1, -0.05) is 13.8 Å². The third kappa shape index (κ3) is 2.36. The summed E-state index contributed by atoms with van der Waals surface area (Å²) in [5, 5.41) is 7.24. The van der Waals surface area contributed by atoms with E-state index in [0.29, 0.717) is 11.2 Å². The van der Waals surface area contributed by atoms with Crippen LogP contribution in [0.1, 0.15) is 20.3 Å². The lowest BCUT2D eigenvalue weighted by atomic mass is 10.1. The van der Waals surface area contributed by atoms with E-state index in [1.54, 1.807) is 0 Å². The number of thiol groups is 1. The molecular formula is C6H13NS. The van der Waals surface area contributed by atoms with E-state index in [-0.39, 0.29) is 0 Å². The lowest BCUT2D eigenvalue weighted by Gasteiger charge is -2.10. The van der Waals surface area contributed by atoms with Crippen molar-refractivity contribution in [2.24, 2.45) is 5.92 Å². The second-order valence-electron chi connectivity index (χ2n) is 2.00. The van der Waals surface area contributed by atoms with Crippen molar-refractivity contribution in [3.05, 3.63) is 0 Å². The summed E-state index contributed by atoms with van der Waals surface area (Å²) in [7, 11) is 0. The molecule has 0 aromatic heterocycles. The molecule has 48 valence electrons. The monoisotopic (exact) mass is 131 g/mol. The first-order chi connectivity index (χ1) is 3.72. The normalized spacial score (nSPS) is 17.4. The highest BCUT2D eigenvalue weighted by atomic mass is 32.1. The topological polar surface area (TPSA) is 23.9 Å². The summed E-state index contributed by atoms with van der Waals surface area (Å²) in [5.74, 6) is 0.323. The molecule has 0 rings (SSSR count). The molecule has 2 heteroatoms. The molecule has 1 N–H and O–H groups in total. The zero-order valence-corrected chi connectivity index (χ0v) is 6.28. The Kier molecular flexibility index (Phi) is 3.97. The highest BCUT2D eigenvalue weighted by Crippen LogP contribution is 2.09. The molecule has 0 bridgehead atoms. The Balaban J connectivity index is 3.44. The smallest absolute Gasteiger partial charge is 0.00890 e. The van der Waals surface area contributed by atoms with Crippen LogP contribution in [0.5, 0.6) is 0 Å². The van der Waals surface area contributed by atoms with Crippen LogP contribution in [0.3, 0.4) is 0 Å². The van der Waals surface area contributed by atoms with Crippen LogP contribution >= 0.6 is 12.6 Å².